The topological polar surface area (TPSA) is 129 Å². The number of carbonyl (C=O) groups excluding carboxylic acids is 4. The molecule has 0 unspecified atom stereocenters. The highest BCUT2D eigenvalue weighted by atomic mass is 35.5. The fourth-order valence-corrected chi connectivity index (χ4v) is 8.56. The zero-order valence-corrected chi connectivity index (χ0v) is 38.9. The summed E-state index contributed by atoms with van der Waals surface area (Å²) in [5.41, 5.74) is 6.53. The lowest BCUT2D eigenvalue weighted by Gasteiger charge is -2.39. The monoisotopic (exact) mass is 906 g/mol. The molecule has 2 fully saturated rings. The van der Waals surface area contributed by atoms with Crippen LogP contribution in [0.3, 0.4) is 0 Å². The van der Waals surface area contributed by atoms with E-state index in [-0.39, 0.29) is 35.6 Å². The van der Waals surface area contributed by atoms with Crippen LogP contribution in [-0.2, 0) is 22.6 Å². The fourth-order valence-electron chi connectivity index (χ4n) is 8.31. The van der Waals surface area contributed by atoms with E-state index in [9.17, 15) is 19.2 Å². The first-order chi connectivity index (χ1) is 30.7. The maximum atomic E-state index is 12.7. The minimum absolute atomic E-state index is 0.0327. The number of fused-ring (bicyclic) bond motifs is 2. The van der Waals surface area contributed by atoms with Crippen LogP contribution in [0.25, 0.3) is 21.8 Å². The van der Waals surface area contributed by atoms with Gasteiger partial charge < -0.3 is 19.3 Å². The normalized spacial score (nSPS) is 15.1. The third kappa shape index (κ3) is 10.9. The van der Waals surface area contributed by atoms with Crippen LogP contribution in [0.2, 0.25) is 10.0 Å². The first-order valence-corrected chi connectivity index (χ1v) is 22.6. The first-order valence-electron chi connectivity index (χ1n) is 21.9. The number of ether oxygens (including phenoxy) is 2. The van der Waals surface area contributed by atoms with Gasteiger partial charge in [0.25, 0.3) is 11.8 Å². The van der Waals surface area contributed by atoms with Crippen molar-refractivity contribution in [2.24, 2.45) is 11.8 Å². The molecule has 6 aromatic rings. The Hall–Kier alpha value is -5.40. The fraction of sp³-hybridized carbons (Fsp3) is 0.400. The van der Waals surface area contributed by atoms with Crippen molar-refractivity contribution in [3.8, 4) is 0 Å². The second-order valence-corrected chi connectivity index (χ2v) is 18.1. The lowest BCUT2D eigenvalue weighted by atomic mass is 9.98. The molecule has 0 bridgehead atoms. The molecule has 12 nitrogen and oxygen atoms in total. The molecule has 2 saturated heterocycles. The number of nitrogens with zero attached hydrogens (tertiary/aromatic N) is 6. The molecule has 4 heterocycles. The summed E-state index contributed by atoms with van der Waals surface area (Å²) in [5.74, 6) is 1.05. The number of rotatable bonds is 16. The summed E-state index contributed by atoms with van der Waals surface area (Å²) in [5, 5.41) is 12.6. The van der Waals surface area contributed by atoms with Gasteiger partial charge in [-0.1, -0.05) is 23.2 Å². The number of benzene rings is 4. The van der Waals surface area contributed by atoms with Crippen LogP contribution in [0.15, 0.2) is 85.2 Å². The zero-order chi connectivity index (χ0) is 45.7. The Morgan fingerprint density at radius 1 is 0.594 bits per heavy atom. The molecule has 14 heteroatoms. The molecule has 2 aromatic heterocycles. The van der Waals surface area contributed by atoms with E-state index in [1.54, 1.807) is 62.8 Å². The van der Waals surface area contributed by atoms with Crippen molar-refractivity contribution < 1.29 is 28.7 Å². The quantitative estimate of drug-likeness (QED) is 0.0879. The van der Waals surface area contributed by atoms with E-state index in [1.807, 2.05) is 83.5 Å². The second-order valence-electron chi connectivity index (χ2n) is 17.2. The summed E-state index contributed by atoms with van der Waals surface area (Å²) < 4.78 is 14.4. The summed E-state index contributed by atoms with van der Waals surface area (Å²) in [6.07, 6.45) is 6.52. The van der Waals surface area contributed by atoms with Crippen LogP contribution in [0.1, 0.15) is 92.1 Å². The summed E-state index contributed by atoms with van der Waals surface area (Å²) in [7, 11) is 3.32. The van der Waals surface area contributed by atoms with Gasteiger partial charge in [0.15, 0.2) is 11.6 Å². The summed E-state index contributed by atoms with van der Waals surface area (Å²) >= 11 is 11.8. The number of aryl methyl sites for hydroxylation is 2. The maximum absolute atomic E-state index is 12.7. The SMILES string of the molecule is CO[C@@H](C)CCC(=O)c1ccc2nn(CC3CN(C(=O)c4ccc(Cl)cc4)C3)cc2c1C.CO[C@H](C)CCC(=O)c1ccc2nn(CC3CN(C(=O)c4ccc(Cl)cc4)C3)cc2c1C. The van der Waals surface area contributed by atoms with Crippen LogP contribution >= 0.6 is 23.2 Å². The second kappa shape index (κ2) is 20.6. The summed E-state index contributed by atoms with van der Waals surface area (Å²) in [6.45, 7) is 12.2. The number of Topliss-reactive ketones (excluding diaryl/α,β-unsaturated/α-hetero) is 2. The van der Waals surface area contributed by atoms with Crippen molar-refractivity contribution in [1.29, 1.82) is 0 Å². The third-order valence-electron chi connectivity index (χ3n) is 12.5. The number of ketones is 2. The van der Waals surface area contributed by atoms with Gasteiger partial charge in [0.05, 0.1) is 23.2 Å². The van der Waals surface area contributed by atoms with Crippen LogP contribution in [0, 0.1) is 25.7 Å². The minimum atomic E-state index is 0.0327. The van der Waals surface area contributed by atoms with Gasteiger partial charge in [-0.3, -0.25) is 28.5 Å². The van der Waals surface area contributed by atoms with E-state index in [0.29, 0.717) is 84.9 Å². The predicted molar refractivity (Wildman–Crippen MR) is 251 cm³/mol. The number of aromatic nitrogens is 4. The average molecular weight is 908 g/mol. The number of amides is 2. The highest BCUT2D eigenvalue weighted by Gasteiger charge is 2.33. The first kappa shape index (κ1) is 46.6. The van der Waals surface area contributed by atoms with Gasteiger partial charge >= 0.3 is 0 Å². The molecule has 0 aliphatic carbocycles. The van der Waals surface area contributed by atoms with Crippen LogP contribution in [0.5, 0.6) is 0 Å². The highest BCUT2D eigenvalue weighted by Crippen LogP contribution is 2.28. The molecule has 2 atom stereocenters. The predicted octanol–water partition coefficient (Wildman–Crippen LogP) is 9.54. The van der Waals surface area contributed by atoms with Gasteiger partial charge in [-0.25, -0.2) is 0 Å². The molecule has 4 aromatic carbocycles. The molecule has 64 heavy (non-hydrogen) atoms. The van der Waals surface area contributed by atoms with Gasteiger partial charge in [-0.05, 0) is 124 Å². The largest absolute Gasteiger partial charge is 0.382 e. The van der Waals surface area contributed by atoms with Crippen LogP contribution in [-0.4, -0.2) is 105 Å². The van der Waals surface area contributed by atoms with Gasteiger partial charge in [-0.2, -0.15) is 10.2 Å². The Morgan fingerprint density at radius 3 is 1.30 bits per heavy atom. The number of carbonyl (C=O) groups is 4. The van der Waals surface area contributed by atoms with E-state index in [0.717, 1.165) is 57.1 Å². The number of hydrogen-bond acceptors (Lipinski definition) is 8. The number of hydrogen-bond donors (Lipinski definition) is 0. The summed E-state index contributed by atoms with van der Waals surface area (Å²) in [4.78, 5) is 54.2. The van der Waals surface area contributed by atoms with Gasteiger partial charge in [-0.15, -0.1) is 0 Å². The van der Waals surface area contributed by atoms with E-state index in [1.165, 1.54) is 0 Å². The molecule has 2 aliphatic rings. The molecule has 336 valence electrons. The van der Waals surface area contributed by atoms with E-state index < -0.39 is 0 Å². The van der Waals surface area contributed by atoms with Crippen molar-refractivity contribution in [3.05, 3.63) is 129 Å². The zero-order valence-electron chi connectivity index (χ0n) is 37.4. The van der Waals surface area contributed by atoms with E-state index in [2.05, 4.69) is 10.2 Å². The molecule has 2 amide bonds. The Morgan fingerprint density at radius 2 is 0.953 bits per heavy atom. The maximum Gasteiger partial charge on any atom is 0.253 e. The van der Waals surface area contributed by atoms with Crippen molar-refractivity contribution in [2.75, 3.05) is 40.4 Å². The highest BCUT2D eigenvalue weighted by molar-refractivity contribution is 6.31. The van der Waals surface area contributed by atoms with Gasteiger partial charge in [0, 0.05) is 134 Å². The Balaban J connectivity index is 0.000000191. The Bertz CT molecular complexity index is 2450. The lowest BCUT2D eigenvalue weighted by Crippen LogP contribution is -2.51. The minimum Gasteiger partial charge on any atom is -0.382 e. The smallest absolute Gasteiger partial charge is 0.253 e. The Labute approximate surface area is 384 Å². The van der Waals surface area contributed by atoms with Crippen LogP contribution < -0.4 is 0 Å². The Kier molecular flexibility index (Phi) is 15.0. The van der Waals surface area contributed by atoms with Crippen molar-refractivity contribution >= 4 is 68.4 Å². The van der Waals surface area contributed by atoms with Gasteiger partial charge in [0.2, 0.25) is 0 Å². The van der Waals surface area contributed by atoms with Crippen LogP contribution in [0.4, 0.5) is 0 Å². The third-order valence-corrected chi connectivity index (χ3v) is 13.0. The molecule has 0 radical (unpaired) electrons. The number of likely N-dealkylation sites (tertiary alicyclic amines) is 2. The number of halogens is 2. The molecular formula is C50H56Cl2N6O6. The molecule has 8 rings (SSSR count). The molecule has 0 spiro atoms. The summed E-state index contributed by atoms with van der Waals surface area (Å²) in [6, 6.07) is 21.6. The lowest BCUT2D eigenvalue weighted by molar-refractivity contribution is 0.0457. The molecule has 0 N–H and O–H groups in total. The van der Waals surface area contributed by atoms with Crippen molar-refractivity contribution in [1.82, 2.24) is 29.4 Å². The van der Waals surface area contributed by atoms with Crippen molar-refractivity contribution in [2.45, 2.75) is 78.7 Å². The molecule has 0 saturated carbocycles. The van der Waals surface area contributed by atoms with Crippen molar-refractivity contribution in [3.63, 3.8) is 0 Å². The number of methoxy groups -OCH3 is 2. The average Bonchev–Trinajstić information content (AvgIpc) is 3.89. The molecule has 2 aliphatic heterocycles. The van der Waals surface area contributed by atoms with Gasteiger partial charge in [0.1, 0.15) is 0 Å². The van der Waals surface area contributed by atoms with E-state index in [4.69, 9.17) is 32.7 Å². The van der Waals surface area contributed by atoms with E-state index >= 15 is 0 Å². The standard InChI is InChI=1S/2C25H28ClN3O3/c2*1-16(32-3)4-11-24(30)21-9-10-23-22(17(21)2)15-29(27-23)14-18-12-28(13-18)25(31)19-5-7-20(26)8-6-19/h2*5-10,15-16,18H,4,11-14H2,1-3H3/t2*16-/m10/s1. The molecular weight excluding hydrogens is 851 g/mol.